The molecular formula is C20H27N3O2. The second kappa shape index (κ2) is 7.28. The molecule has 2 atom stereocenters. The van der Waals surface area contributed by atoms with Crippen LogP contribution < -0.4 is 0 Å². The fourth-order valence-corrected chi connectivity index (χ4v) is 3.95. The van der Waals surface area contributed by atoms with Gasteiger partial charge in [-0.1, -0.05) is 24.3 Å². The van der Waals surface area contributed by atoms with Crippen molar-refractivity contribution in [2.24, 2.45) is 0 Å². The van der Waals surface area contributed by atoms with Gasteiger partial charge < -0.3 is 9.84 Å². The Morgan fingerprint density at radius 3 is 2.96 bits per heavy atom. The molecule has 1 aliphatic heterocycles. The van der Waals surface area contributed by atoms with Gasteiger partial charge in [0.2, 0.25) is 0 Å². The van der Waals surface area contributed by atoms with Crippen LogP contribution in [0, 0.1) is 6.92 Å². The Kier molecular flexibility index (Phi) is 4.88. The number of aliphatic hydroxyl groups excluding tert-OH is 1. The van der Waals surface area contributed by atoms with Gasteiger partial charge in [0, 0.05) is 25.8 Å². The summed E-state index contributed by atoms with van der Waals surface area (Å²) in [6.45, 7) is 5.03. The maximum atomic E-state index is 10.3. The van der Waals surface area contributed by atoms with Crippen LogP contribution in [0.4, 0.5) is 0 Å². The third kappa shape index (κ3) is 3.78. The average Bonchev–Trinajstić information content (AvgIpc) is 3.01. The van der Waals surface area contributed by atoms with E-state index in [2.05, 4.69) is 47.4 Å². The predicted molar refractivity (Wildman–Crippen MR) is 96.5 cm³/mol. The minimum absolute atomic E-state index is 0.135. The van der Waals surface area contributed by atoms with Gasteiger partial charge in [0.05, 0.1) is 31.1 Å². The number of ether oxygens (including phenoxy) is 1. The monoisotopic (exact) mass is 341 g/mol. The highest BCUT2D eigenvalue weighted by atomic mass is 16.5. The maximum Gasteiger partial charge on any atom is 0.0900 e. The van der Waals surface area contributed by atoms with Crippen molar-refractivity contribution in [1.29, 1.82) is 0 Å². The highest BCUT2D eigenvalue weighted by Crippen LogP contribution is 2.32. The minimum atomic E-state index is -0.436. The zero-order valence-electron chi connectivity index (χ0n) is 14.8. The maximum absolute atomic E-state index is 10.3. The van der Waals surface area contributed by atoms with Crippen molar-refractivity contribution in [2.75, 3.05) is 26.2 Å². The molecule has 0 bridgehead atoms. The van der Waals surface area contributed by atoms with Crippen LogP contribution in [0.15, 0.2) is 36.7 Å². The summed E-state index contributed by atoms with van der Waals surface area (Å²) >= 11 is 0. The van der Waals surface area contributed by atoms with Crippen LogP contribution in [-0.4, -0.2) is 52.1 Å². The van der Waals surface area contributed by atoms with Gasteiger partial charge in [-0.05, 0) is 42.9 Å². The number of aliphatic hydroxyl groups is 1. The van der Waals surface area contributed by atoms with Crippen molar-refractivity contribution >= 4 is 0 Å². The second-order valence-electron chi connectivity index (χ2n) is 7.44. The summed E-state index contributed by atoms with van der Waals surface area (Å²) in [5.41, 5.74) is 3.90. The number of benzene rings is 1. The van der Waals surface area contributed by atoms with E-state index in [0.717, 1.165) is 32.4 Å². The lowest BCUT2D eigenvalue weighted by atomic mass is 9.89. The molecule has 2 heterocycles. The summed E-state index contributed by atoms with van der Waals surface area (Å²) in [6, 6.07) is 8.97. The number of hydrogen-bond donors (Lipinski definition) is 1. The van der Waals surface area contributed by atoms with Gasteiger partial charge in [-0.2, -0.15) is 5.10 Å². The van der Waals surface area contributed by atoms with Crippen LogP contribution in [0.1, 0.15) is 41.7 Å². The van der Waals surface area contributed by atoms with Gasteiger partial charge in [0.25, 0.3) is 0 Å². The topological polar surface area (TPSA) is 50.5 Å². The highest BCUT2D eigenvalue weighted by Gasteiger charge is 2.30. The Balaban J connectivity index is 1.22. The molecule has 1 aromatic carbocycles. The molecule has 0 unspecified atom stereocenters. The van der Waals surface area contributed by atoms with Crippen LogP contribution in [0.3, 0.4) is 0 Å². The van der Waals surface area contributed by atoms with Gasteiger partial charge in [0.1, 0.15) is 0 Å². The molecule has 5 heteroatoms. The first-order valence-corrected chi connectivity index (χ1v) is 9.29. The minimum Gasteiger partial charge on any atom is -0.389 e. The zero-order chi connectivity index (χ0) is 17.2. The molecule has 0 saturated carbocycles. The summed E-state index contributed by atoms with van der Waals surface area (Å²) in [5, 5.41) is 14.7. The normalized spacial score (nSPS) is 22.4. The zero-order valence-corrected chi connectivity index (χ0v) is 14.8. The molecule has 1 aromatic heterocycles. The van der Waals surface area contributed by atoms with Gasteiger partial charge in [0.15, 0.2) is 0 Å². The average molecular weight is 341 g/mol. The standard InChI is InChI=1S/C20H27N3O2/c1-15-9-21-23(10-15)17-11-22(12-17)13-18(24)14-25-20-8-4-6-16-5-2-3-7-19(16)20/h2-3,5,7,9-10,17-18,20,24H,4,6,8,11-14H2,1H3/t18-,20-/m0/s1. The Bertz CT molecular complexity index is 708. The van der Waals surface area contributed by atoms with Gasteiger partial charge in [-0.25, -0.2) is 0 Å². The van der Waals surface area contributed by atoms with E-state index in [1.807, 2.05) is 10.9 Å². The number of fused-ring (bicyclic) bond motifs is 1. The largest absolute Gasteiger partial charge is 0.389 e. The van der Waals surface area contributed by atoms with E-state index in [4.69, 9.17) is 4.74 Å². The SMILES string of the molecule is Cc1cnn(C2CN(C[C@H](O)CO[C@H]3CCCc4ccccc43)C2)c1. The molecule has 0 spiro atoms. The first-order valence-electron chi connectivity index (χ1n) is 9.29. The quantitative estimate of drug-likeness (QED) is 0.877. The van der Waals surface area contributed by atoms with E-state index < -0.39 is 6.10 Å². The molecule has 1 N–H and O–H groups in total. The summed E-state index contributed by atoms with van der Waals surface area (Å²) < 4.78 is 8.10. The van der Waals surface area contributed by atoms with Gasteiger partial charge in [-0.3, -0.25) is 9.58 Å². The summed E-state index contributed by atoms with van der Waals surface area (Å²) in [6.07, 6.45) is 7.03. The summed E-state index contributed by atoms with van der Waals surface area (Å²) in [7, 11) is 0. The Labute approximate surface area is 149 Å². The predicted octanol–water partition coefficient (Wildman–Crippen LogP) is 2.50. The van der Waals surface area contributed by atoms with Gasteiger partial charge in [-0.15, -0.1) is 0 Å². The molecular weight excluding hydrogens is 314 g/mol. The van der Waals surface area contributed by atoms with Crippen molar-refractivity contribution in [3.05, 3.63) is 53.3 Å². The van der Waals surface area contributed by atoms with E-state index >= 15 is 0 Å². The Morgan fingerprint density at radius 1 is 1.32 bits per heavy atom. The van der Waals surface area contributed by atoms with Gasteiger partial charge >= 0.3 is 0 Å². The van der Waals surface area contributed by atoms with Crippen molar-refractivity contribution in [1.82, 2.24) is 14.7 Å². The molecule has 1 aliphatic carbocycles. The number of aryl methyl sites for hydroxylation is 2. The van der Waals surface area contributed by atoms with Crippen LogP contribution in [0.2, 0.25) is 0 Å². The van der Waals surface area contributed by atoms with E-state index in [-0.39, 0.29) is 6.10 Å². The van der Waals surface area contributed by atoms with E-state index in [0.29, 0.717) is 19.2 Å². The smallest absolute Gasteiger partial charge is 0.0900 e. The molecule has 134 valence electrons. The lowest BCUT2D eigenvalue weighted by molar-refractivity contribution is -0.0409. The second-order valence-corrected chi connectivity index (χ2v) is 7.44. The van der Waals surface area contributed by atoms with Crippen molar-refractivity contribution in [3.63, 3.8) is 0 Å². The number of β-amino-alcohol motifs (C(OH)–C–C–N with tert-alkyl or cyclic N) is 1. The molecule has 1 saturated heterocycles. The number of rotatable bonds is 6. The van der Waals surface area contributed by atoms with Crippen molar-refractivity contribution < 1.29 is 9.84 Å². The van der Waals surface area contributed by atoms with Crippen LogP contribution in [0.25, 0.3) is 0 Å². The fraction of sp³-hybridized carbons (Fsp3) is 0.550. The number of hydrogen-bond acceptors (Lipinski definition) is 4. The van der Waals surface area contributed by atoms with E-state index in [1.165, 1.54) is 16.7 Å². The van der Waals surface area contributed by atoms with Crippen LogP contribution in [0.5, 0.6) is 0 Å². The number of nitrogens with zero attached hydrogens (tertiary/aromatic N) is 3. The Hall–Kier alpha value is -1.69. The molecule has 0 amide bonds. The molecule has 0 radical (unpaired) electrons. The van der Waals surface area contributed by atoms with E-state index in [9.17, 15) is 5.11 Å². The highest BCUT2D eigenvalue weighted by molar-refractivity contribution is 5.31. The number of aromatic nitrogens is 2. The van der Waals surface area contributed by atoms with Crippen molar-refractivity contribution in [3.8, 4) is 0 Å². The third-order valence-electron chi connectivity index (χ3n) is 5.32. The van der Waals surface area contributed by atoms with Crippen LogP contribution in [-0.2, 0) is 11.2 Å². The number of likely N-dealkylation sites (tertiary alicyclic amines) is 1. The van der Waals surface area contributed by atoms with Crippen LogP contribution >= 0.6 is 0 Å². The third-order valence-corrected chi connectivity index (χ3v) is 5.32. The Morgan fingerprint density at radius 2 is 2.16 bits per heavy atom. The fourth-order valence-electron chi connectivity index (χ4n) is 3.95. The molecule has 2 aliphatic rings. The van der Waals surface area contributed by atoms with Crippen molar-refractivity contribution in [2.45, 2.75) is 44.4 Å². The first kappa shape index (κ1) is 16.8. The molecule has 2 aromatic rings. The molecule has 25 heavy (non-hydrogen) atoms. The lowest BCUT2D eigenvalue weighted by Crippen LogP contribution is -2.51. The first-order chi connectivity index (χ1) is 12.2. The van der Waals surface area contributed by atoms with E-state index in [1.54, 1.807) is 0 Å². The molecule has 1 fully saturated rings. The summed E-state index contributed by atoms with van der Waals surface area (Å²) in [5.74, 6) is 0. The summed E-state index contributed by atoms with van der Waals surface area (Å²) in [4.78, 5) is 2.27. The lowest BCUT2D eigenvalue weighted by Gasteiger charge is -2.40. The molecule has 4 rings (SSSR count). The molecule has 5 nitrogen and oxygen atoms in total.